The molecule has 0 aromatic heterocycles. The van der Waals surface area contributed by atoms with E-state index in [-0.39, 0.29) is 23.8 Å². The zero-order chi connectivity index (χ0) is 15.7. The number of benzene rings is 1. The van der Waals surface area contributed by atoms with Crippen molar-refractivity contribution in [1.82, 2.24) is 4.72 Å². The molecular formula is C12H17BrClN3O4S. The Morgan fingerprint density at radius 1 is 1.36 bits per heavy atom. The molecular weight excluding hydrogens is 398 g/mol. The van der Waals surface area contributed by atoms with Gasteiger partial charge in [0.15, 0.2) is 4.90 Å². The van der Waals surface area contributed by atoms with E-state index in [0.717, 1.165) is 12.8 Å². The summed E-state index contributed by atoms with van der Waals surface area (Å²) in [6.45, 7) is 0.177. The molecule has 3 N–H and O–H groups in total. The molecule has 22 heavy (non-hydrogen) atoms. The Bertz CT molecular complexity index is 662. The topological polar surface area (TPSA) is 115 Å². The van der Waals surface area contributed by atoms with E-state index in [0.29, 0.717) is 17.3 Å². The second-order valence-electron chi connectivity index (χ2n) is 5.17. The summed E-state index contributed by atoms with van der Waals surface area (Å²) in [6, 6.07) is 3.87. The van der Waals surface area contributed by atoms with E-state index in [1.54, 1.807) is 0 Å². The lowest BCUT2D eigenvalue weighted by Crippen LogP contribution is -2.51. The number of halogens is 2. The first-order valence-electron chi connectivity index (χ1n) is 6.48. The van der Waals surface area contributed by atoms with E-state index in [2.05, 4.69) is 20.7 Å². The van der Waals surface area contributed by atoms with Gasteiger partial charge in [-0.25, -0.2) is 13.1 Å². The van der Waals surface area contributed by atoms with E-state index in [4.69, 9.17) is 5.73 Å². The Balaban J connectivity index is 0.00000242. The van der Waals surface area contributed by atoms with Gasteiger partial charge in [-0.1, -0.05) is 28.8 Å². The molecule has 1 aliphatic rings. The first kappa shape index (κ1) is 19.3. The summed E-state index contributed by atoms with van der Waals surface area (Å²) in [5, 5.41) is 11.1. The van der Waals surface area contributed by atoms with Gasteiger partial charge in [0.05, 0.1) is 4.92 Å². The Hall–Kier alpha value is -0.740. The standard InChI is InChI=1S/C12H16BrN3O4S.ClH/c13-9-3-4-11(10(7-9)16(17)18)21(19,20)15-12(8-14)5-1-2-6-12;/h3-4,7,15H,1-2,5-6,8,14H2;1H. The highest BCUT2D eigenvalue weighted by Crippen LogP contribution is 2.33. The highest BCUT2D eigenvalue weighted by atomic mass is 79.9. The summed E-state index contributed by atoms with van der Waals surface area (Å²) in [5.74, 6) is 0. The Morgan fingerprint density at radius 3 is 2.45 bits per heavy atom. The van der Waals surface area contributed by atoms with Crippen LogP contribution in [-0.2, 0) is 10.0 Å². The summed E-state index contributed by atoms with van der Waals surface area (Å²) in [5.41, 5.74) is 4.56. The van der Waals surface area contributed by atoms with Crippen LogP contribution in [0.2, 0.25) is 0 Å². The molecule has 0 radical (unpaired) electrons. The number of hydrogen-bond donors (Lipinski definition) is 2. The number of nitro groups is 1. The van der Waals surface area contributed by atoms with Crippen molar-refractivity contribution < 1.29 is 13.3 Å². The van der Waals surface area contributed by atoms with Crippen LogP contribution in [0.3, 0.4) is 0 Å². The maximum Gasteiger partial charge on any atom is 0.290 e. The number of nitrogens with two attached hydrogens (primary N) is 1. The molecule has 10 heteroatoms. The smallest absolute Gasteiger partial charge is 0.290 e. The Morgan fingerprint density at radius 2 is 1.95 bits per heavy atom. The van der Waals surface area contributed by atoms with Crippen LogP contribution < -0.4 is 10.5 Å². The summed E-state index contributed by atoms with van der Waals surface area (Å²) < 4.78 is 28.0. The van der Waals surface area contributed by atoms with Crippen molar-refractivity contribution in [3.8, 4) is 0 Å². The molecule has 1 fully saturated rings. The average molecular weight is 415 g/mol. The molecule has 0 heterocycles. The van der Waals surface area contributed by atoms with Gasteiger partial charge >= 0.3 is 0 Å². The third kappa shape index (κ3) is 3.96. The zero-order valence-electron chi connectivity index (χ0n) is 11.6. The van der Waals surface area contributed by atoms with E-state index in [1.165, 1.54) is 18.2 Å². The molecule has 0 saturated heterocycles. The molecule has 0 aliphatic heterocycles. The van der Waals surface area contributed by atoms with Crippen molar-refractivity contribution in [1.29, 1.82) is 0 Å². The van der Waals surface area contributed by atoms with Gasteiger partial charge in [0.2, 0.25) is 10.0 Å². The molecule has 1 aliphatic carbocycles. The minimum atomic E-state index is -4.00. The Kier molecular flexibility index (Phi) is 6.34. The van der Waals surface area contributed by atoms with E-state index >= 15 is 0 Å². The monoisotopic (exact) mass is 413 g/mol. The molecule has 0 bridgehead atoms. The van der Waals surface area contributed by atoms with Crippen LogP contribution in [-0.4, -0.2) is 25.4 Å². The SMILES string of the molecule is Cl.NCC1(NS(=O)(=O)c2ccc(Br)cc2[N+](=O)[O-])CCCC1. The van der Waals surface area contributed by atoms with Crippen LogP contribution in [0.5, 0.6) is 0 Å². The van der Waals surface area contributed by atoms with Gasteiger partial charge in [0, 0.05) is 22.6 Å². The fraction of sp³-hybridized carbons (Fsp3) is 0.500. The largest absolute Gasteiger partial charge is 0.329 e. The predicted octanol–water partition coefficient (Wildman–Crippen LogP) is 2.33. The number of rotatable bonds is 5. The van der Waals surface area contributed by atoms with Crippen LogP contribution in [0.15, 0.2) is 27.6 Å². The van der Waals surface area contributed by atoms with Gasteiger partial charge in [-0.3, -0.25) is 10.1 Å². The minimum Gasteiger partial charge on any atom is -0.329 e. The number of hydrogen-bond acceptors (Lipinski definition) is 5. The van der Waals surface area contributed by atoms with Crippen LogP contribution in [0.25, 0.3) is 0 Å². The van der Waals surface area contributed by atoms with Crippen molar-refractivity contribution in [3.05, 3.63) is 32.8 Å². The summed E-state index contributed by atoms with van der Waals surface area (Å²) in [7, 11) is -4.00. The maximum atomic E-state index is 12.5. The van der Waals surface area contributed by atoms with Gasteiger partial charge in [-0.05, 0) is 25.0 Å². The molecule has 0 unspecified atom stereocenters. The lowest BCUT2D eigenvalue weighted by molar-refractivity contribution is -0.387. The maximum absolute atomic E-state index is 12.5. The number of nitrogens with zero attached hydrogens (tertiary/aromatic N) is 1. The van der Waals surface area contributed by atoms with E-state index < -0.39 is 26.2 Å². The van der Waals surface area contributed by atoms with E-state index in [9.17, 15) is 18.5 Å². The first-order chi connectivity index (χ1) is 9.80. The third-order valence-electron chi connectivity index (χ3n) is 3.71. The number of nitro benzene ring substituents is 1. The van der Waals surface area contributed by atoms with Crippen LogP contribution in [0.4, 0.5) is 5.69 Å². The molecule has 2 rings (SSSR count). The molecule has 0 spiro atoms. The predicted molar refractivity (Wildman–Crippen MR) is 88.6 cm³/mol. The molecule has 0 amide bonds. The second-order valence-corrected chi connectivity index (χ2v) is 7.73. The molecule has 1 aromatic carbocycles. The van der Waals surface area contributed by atoms with Crippen molar-refractivity contribution in [2.75, 3.05) is 6.54 Å². The van der Waals surface area contributed by atoms with Crippen molar-refractivity contribution in [3.63, 3.8) is 0 Å². The van der Waals surface area contributed by atoms with Crippen molar-refractivity contribution >= 4 is 44.0 Å². The lowest BCUT2D eigenvalue weighted by atomic mass is 10.0. The quantitative estimate of drug-likeness (QED) is 0.566. The van der Waals surface area contributed by atoms with Crippen molar-refractivity contribution in [2.45, 2.75) is 36.1 Å². The van der Waals surface area contributed by atoms with Gasteiger partial charge in [0.25, 0.3) is 5.69 Å². The first-order valence-corrected chi connectivity index (χ1v) is 8.75. The summed E-state index contributed by atoms with van der Waals surface area (Å²) in [6.07, 6.45) is 3.07. The summed E-state index contributed by atoms with van der Waals surface area (Å²) in [4.78, 5) is 10.0. The third-order valence-corrected chi connectivity index (χ3v) is 5.83. The second kappa shape index (κ2) is 7.22. The molecule has 1 saturated carbocycles. The molecule has 124 valence electrons. The number of sulfonamides is 1. The number of nitrogens with one attached hydrogen (secondary N) is 1. The lowest BCUT2D eigenvalue weighted by Gasteiger charge is -2.28. The van der Waals surface area contributed by atoms with Crippen LogP contribution in [0.1, 0.15) is 25.7 Å². The molecule has 1 aromatic rings. The van der Waals surface area contributed by atoms with Gasteiger partial charge in [0.1, 0.15) is 0 Å². The average Bonchev–Trinajstić information content (AvgIpc) is 2.86. The van der Waals surface area contributed by atoms with Gasteiger partial charge in [-0.15, -0.1) is 12.4 Å². The minimum absolute atomic E-state index is 0. The fourth-order valence-electron chi connectivity index (χ4n) is 2.60. The van der Waals surface area contributed by atoms with Gasteiger partial charge in [-0.2, -0.15) is 0 Å². The Labute approximate surface area is 143 Å². The van der Waals surface area contributed by atoms with Crippen molar-refractivity contribution in [2.24, 2.45) is 5.73 Å². The molecule has 0 atom stereocenters. The normalized spacial score (nSPS) is 17.0. The molecule has 7 nitrogen and oxygen atoms in total. The zero-order valence-corrected chi connectivity index (χ0v) is 14.8. The van der Waals surface area contributed by atoms with Crippen LogP contribution >= 0.6 is 28.3 Å². The fourth-order valence-corrected chi connectivity index (χ4v) is 4.57. The van der Waals surface area contributed by atoms with Gasteiger partial charge < -0.3 is 5.73 Å². The van der Waals surface area contributed by atoms with E-state index in [1.807, 2.05) is 0 Å². The summed E-state index contributed by atoms with van der Waals surface area (Å²) >= 11 is 3.10. The highest BCUT2D eigenvalue weighted by molar-refractivity contribution is 9.10. The van der Waals surface area contributed by atoms with Crippen LogP contribution in [0, 0.1) is 10.1 Å². The highest BCUT2D eigenvalue weighted by Gasteiger charge is 2.38.